The maximum atomic E-state index is 13.9. The van der Waals surface area contributed by atoms with Crippen LogP contribution in [-0.2, 0) is 4.79 Å². The smallest absolute Gasteiger partial charge is 0.240 e. The fourth-order valence-electron chi connectivity index (χ4n) is 1.96. The van der Waals surface area contributed by atoms with Crippen molar-refractivity contribution in [3.8, 4) is 0 Å². The van der Waals surface area contributed by atoms with Crippen LogP contribution >= 0.6 is 11.8 Å². The number of nitrogens with zero attached hydrogens (tertiary/aromatic N) is 3. The third kappa shape index (κ3) is 2.19. The Kier molecular flexibility index (Phi) is 3.16. The van der Waals surface area contributed by atoms with Gasteiger partial charge in [0.15, 0.2) is 0 Å². The summed E-state index contributed by atoms with van der Waals surface area (Å²) in [6.45, 7) is 0. The van der Waals surface area contributed by atoms with Crippen LogP contribution in [-0.4, -0.2) is 21.6 Å². The van der Waals surface area contributed by atoms with Crippen LogP contribution in [0.4, 0.5) is 10.3 Å². The van der Waals surface area contributed by atoms with Gasteiger partial charge in [-0.25, -0.2) is 14.4 Å². The quantitative estimate of drug-likeness (QED) is 0.844. The van der Waals surface area contributed by atoms with Crippen LogP contribution in [0.1, 0.15) is 10.9 Å². The predicted molar refractivity (Wildman–Crippen MR) is 71.1 cm³/mol. The molecule has 1 aromatic heterocycles. The molecule has 96 valence electrons. The molecule has 1 unspecified atom stereocenters. The van der Waals surface area contributed by atoms with Crippen LogP contribution in [0.3, 0.4) is 0 Å². The van der Waals surface area contributed by atoms with Crippen molar-refractivity contribution in [2.75, 3.05) is 10.7 Å². The molecule has 2 aromatic rings. The molecule has 0 radical (unpaired) electrons. The van der Waals surface area contributed by atoms with Gasteiger partial charge in [0.1, 0.15) is 11.2 Å². The molecule has 2 heterocycles. The highest BCUT2D eigenvalue weighted by Gasteiger charge is 2.36. The van der Waals surface area contributed by atoms with Crippen molar-refractivity contribution < 1.29 is 9.18 Å². The van der Waals surface area contributed by atoms with Gasteiger partial charge < -0.3 is 0 Å². The zero-order chi connectivity index (χ0) is 13.2. The number of halogens is 1. The number of hydrogen-bond donors (Lipinski definition) is 0. The Morgan fingerprint density at radius 1 is 1.21 bits per heavy atom. The number of rotatable bonds is 2. The molecule has 0 spiro atoms. The van der Waals surface area contributed by atoms with Crippen molar-refractivity contribution in [2.45, 2.75) is 5.37 Å². The third-order valence-electron chi connectivity index (χ3n) is 2.81. The van der Waals surface area contributed by atoms with E-state index in [0.29, 0.717) is 17.3 Å². The Bertz CT molecular complexity index is 608. The van der Waals surface area contributed by atoms with Crippen molar-refractivity contribution in [3.63, 3.8) is 0 Å². The predicted octanol–water partition coefficient (Wildman–Crippen LogP) is 2.39. The highest BCUT2D eigenvalue weighted by atomic mass is 32.2. The van der Waals surface area contributed by atoms with Crippen LogP contribution in [0.25, 0.3) is 0 Å². The van der Waals surface area contributed by atoms with Gasteiger partial charge in [-0.15, -0.1) is 11.8 Å². The number of hydrogen-bond acceptors (Lipinski definition) is 4. The summed E-state index contributed by atoms with van der Waals surface area (Å²) in [5.41, 5.74) is 0.478. The molecule has 19 heavy (non-hydrogen) atoms. The van der Waals surface area contributed by atoms with E-state index in [1.54, 1.807) is 36.7 Å². The van der Waals surface area contributed by atoms with Gasteiger partial charge >= 0.3 is 0 Å². The van der Waals surface area contributed by atoms with Crippen LogP contribution in [0.2, 0.25) is 0 Å². The topological polar surface area (TPSA) is 46.1 Å². The maximum absolute atomic E-state index is 13.9. The lowest BCUT2D eigenvalue weighted by Gasteiger charge is -2.22. The van der Waals surface area contributed by atoms with Gasteiger partial charge in [-0.1, -0.05) is 18.2 Å². The minimum Gasteiger partial charge on any atom is -0.273 e. The lowest BCUT2D eigenvalue weighted by atomic mass is 10.2. The van der Waals surface area contributed by atoms with E-state index in [2.05, 4.69) is 9.97 Å². The molecular weight excluding hydrogens is 265 g/mol. The second kappa shape index (κ2) is 4.97. The van der Waals surface area contributed by atoms with Gasteiger partial charge in [0.25, 0.3) is 0 Å². The van der Waals surface area contributed by atoms with Gasteiger partial charge in [0, 0.05) is 18.0 Å². The monoisotopic (exact) mass is 275 g/mol. The number of thioether (sulfide) groups is 1. The minimum absolute atomic E-state index is 0.107. The summed E-state index contributed by atoms with van der Waals surface area (Å²) in [6, 6.07) is 8.13. The third-order valence-corrected chi connectivity index (χ3v) is 4.00. The first kappa shape index (κ1) is 12.1. The van der Waals surface area contributed by atoms with Crippen molar-refractivity contribution in [1.29, 1.82) is 0 Å². The first-order valence-electron chi connectivity index (χ1n) is 5.72. The van der Waals surface area contributed by atoms with Crippen molar-refractivity contribution >= 4 is 23.6 Å². The molecular formula is C13H10FN3OS. The Morgan fingerprint density at radius 3 is 2.68 bits per heavy atom. The summed E-state index contributed by atoms with van der Waals surface area (Å²) >= 11 is 1.38. The normalized spacial score (nSPS) is 18.9. The molecule has 0 bridgehead atoms. The van der Waals surface area contributed by atoms with Crippen molar-refractivity contribution in [2.24, 2.45) is 0 Å². The van der Waals surface area contributed by atoms with Crippen LogP contribution in [0.5, 0.6) is 0 Å². The summed E-state index contributed by atoms with van der Waals surface area (Å²) < 4.78 is 13.9. The van der Waals surface area contributed by atoms with E-state index in [-0.39, 0.29) is 11.7 Å². The standard InChI is InChI=1S/C13H10FN3OS/c14-10-5-2-1-4-9(10)12-17(11(18)8-19-12)13-15-6-3-7-16-13/h1-7,12H,8H2. The fourth-order valence-corrected chi connectivity index (χ4v) is 3.13. The largest absolute Gasteiger partial charge is 0.273 e. The van der Waals surface area contributed by atoms with E-state index in [1.165, 1.54) is 22.7 Å². The van der Waals surface area contributed by atoms with E-state index in [4.69, 9.17) is 0 Å². The van der Waals surface area contributed by atoms with E-state index in [9.17, 15) is 9.18 Å². The van der Waals surface area contributed by atoms with Gasteiger partial charge in [-0.2, -0.15) is 0 Å². The van der Waals surface area contributed by atoms with E-state index < -0.39 is 5.37 Å². The number of benzene rings is 1. The fraction of sp³-hybridized carbons (Fsp3) is 0.154. The first-order valence-corrected chi connectivity index (χ1v) is 6.77. The average Bonchev–Trinajstić information content (AvgIpc) is 2.82. The zero-order valence-electron chi connectivity index (χ0n) is 9.86. The highest BCUT2D eigenvalue weighted by molar-refractivity contribution is 8.00. The van der Waals surface area contributed by atoms with E-state index >= 15 is 0 Å². The van der Waals surface area contributed by atoms with Crippen molar-refractivity contribution in [1.82, 2.24) is 9.97 Å². The Balaban J connectivity index is 2.02. The lowest BCUT2D eigenvalue weighted by Crippen LogP contribution is -2.29. The molecule has 1 amide bonds. The van der Waals surface area contributed by atoms with Crippen LogP contribution in [0, 0.1) is 5.82 Å². The summed E-state index contributed by atoms with van der Waals surface area (Å²) in [5.74, 6) is 0.183. The van der Waals surface area contributed by atoms with Gasteiger partial charge in [-0.05, 0) is 12.1 Å². The van der Waals surface area contributed by atoms with E-state index in [1.807, 2.05) is 0 Å². The molecule has 0 aliphatic carbocycles. The molecule has 1 atom stereocenters. The molecule has 1 saturated heterocycles. The van der Waals surface area contributed by atoms with Crippen LogP contribution < -0.4 is 4.90 Å². The molecule has 3 rings (SSSR count). The summed E-state index contributed by atoms with van der Waals surface area (Å²) in [4.78, 5) is 21.6. The molecule has 0 saturated carbocycles. The van der Waals surface area contributed by atoms with Gasteiger partial charge in [-0.3, -0.25) is 9.69 Å². The second-order valence-electron chi connectivity index (χ2n) is 4.00. The summed E-state index contributed by atoms with van der Waals surface area (Å²) in [5, 5.41) is -0.406. The number of carbonyl (C=O) groups is 1. The van der Waals surface area contributed by atoms with E-state index in [0.717, 1.165) is 0 Å². The first-order chi connectivity index (χ1) is 9.27. The van der Waals surface area contributed by atoms with Crippen molar-refractivity contribution in [3.05, 3.63) is 54.1 Å². The molecule has 1 aliphatic rings. The zero-order valence-corrected chi connectivity index (χ0v) is 10.7. The lowest BCUT2D eigenvalue weighted by molar-refractivity contribution is -0.115. The number of anilines is 1. The Morgan fingerprint density at radius 2 is 1.95 bits per heavy atom. The molecule has 1 fully saturated rings. The number of amides is 1. The molecule has 0 N–H and O–H groups in total. The summed E-state index contributed by atoms with van der Waals surface area (Å²) in [6.07, 6.45) is 3.13. The molecule has 4 nitrogen and oxygen atoms in total. The van der Waals surface area contributed by atoms with Crippen LogP contribution in [0.15, 0.2) is 42.7 Å². The SMILES string of the molecule is O=C1CSC(c2ccccc2F)N1c1ncccn1. The summed E-state index contributed by atoms with van der Waals surface area (Å²) in [7, 11) is 0. The highest BCUT2D eigenvalue weighted by Crippen LogP contribution is 2.41. The van der Waals surface area contributed by atoms with Gasteiger partial charge in [0.2, 0.25) is 11.9 Å². The molecule has 6 heteroatoms. The maximum Gasteiger partial charge on any atom is 0.240 e. The number of carbonyl (C=O) groups excluding carboxylic acids is 1. The molecule has 1 aromatic carbocycles. The Labute approximate surface area is 113 Å². The number of aromatic nitrogens is 2. The molecule has 1 aliphatic heterocycles. The van der Waals surface area contributed by atoms with Gasteiger partial charge in [0.05, 0.1) is 5.75 Å². The Hall–Kier alpha value is -1.95. The average molecular weight is 275 g/mol. The second-order valence-corrected chi connectivity index (χ2v) is 5.07. The minimum atomic E-state index is -0.406.